The number of carbonyl (C=O) groups is 1. The first-order valence-electron chi connectivity index (χ1n) is 6.22. The summed E-state index contributed by atoms with van der Waals surface area (Å²) in [6.07, 6.45) is 4.56. The van der Waals surface area contributed by atoms with E-state index in [0.29, 0.717) is 5.92 Å². The van der Waals surface area contributed by atoms with Gasteiger partial charge < -0.3 is 10.6 Å². The Labute approximate surface area is 93.0 Å². The van der Waals surface area contributed by atoms with Gasteiger partial charge in [0.25, 0.3) is 0 Å². The Morgan fingerprint density at radius 2 is 2.40 bits per heavy atom. The van der Waals surface area contributed by atoms with Gasteiger partial charge in [-0.2, -0.15) is 0 Å². The maximum absolute atomic E-state index is 11.6. The fourth-order valence-electron chi connectivity index (χ4n) is 2.08. The van der Waals surface area contributed by atoms with Crippen molar-refractivity contribution in [1.82, 2.24) is 10.6 Å². The highest BCUT2D eigenvalue weighted by Crippen LogP contribution is 2.09. The quantitative estimate of drug-likeness (QED) is 0.726. The third-order valence-electron chi connectivity index (χ3n) is 3.13. The Morgan fingerprint density at radius 3 is 3.00 bits per heavy atom. The lowest BCUT2D eigenvalue weighted by Gasteiger charge is -2.23. The van der Waals surface area contributed by atoms with Crippen LogP contribution in [0, 0.1) is 11.8 Å². The molecule has 0 spiro atoms. The standard InChI is InChI=1S/C12H24N2O/c1-3-5-10(2)12(15)14-9-11-6-4-7-13-8-11/h10-11,13H,3-9H2,1-2H3,(H,14,15). The Balaban J connectivity index is 2.14. The molecular weight excluding hydrogens is 188 g/mol. The summed E-state index contributed by atoms with van der Waals surface area (Å²) >= 11 is 0. The van der Waals surface area contributed by atoms with E-state index in [9.17, 15) is 4.79 Å². The largest absolute Gasteiger partial charge is 0.356 e. The molecule has 1 fully saturated rings. The first kappa shape index (κ1) is 12.5. The van der Waals surface area contributed by atoms with Crippen LogP contribution < -0.4 is 10.6 Å². The van der Waals surface area contributed by atoms with Gasteiger partial charge in [-0.05, 0) is 38.3 Å². The van der Waals surface area contributed by atoms with E-state index in [1.54, 1.807) is 0 Å². The van der Waals surface area contributed by atoms with E-state index >= 15 is 0 Å². The van der Waals surface area contributed by atoms with E-state index < -0.39 is 0 Å². The molecule has 1 aliphatic rings. The number of hydrogen-bond donors (Lipinski definition) is 2. The van der Waals surface area contributed by atoms with Crippen LogP contribution in [0.3, 0.4) is 0 Å². The zero-order chi connectivity index (χ0) is 11.1. The van der Waals surface area contributed by atoms with E-state index in [1.807, 2.05) is 6.92 Å². The van der Waals surface area contributed by atoms with Gasteiger partial charge in [0.15, 0.2) is 0 Å². The van der Waals surface area contributed by atoms with Gasteiger partial charge in [0.05, 0.1) is 0 Å². The monoisotopic (exact) mass is 212 g/mol. The van der Waals surface area contributed by atoms with Crippen molar-refractivity contribution in [2.24, 2.45) is 11.8 Å². The first-order valence-corrected chi connectivity index (χ1v) is 6.22. The van der Waals surface area contributed by atoms with Crippen LogP contribution in [-0.4, -0.2) is 25.5 Å². The van der Waals surface area contributed by atoms with Crippen LogP contribution in [0.15, 0.2) is 0 Å². The third-order valence-corrected chi connectivity index (χ3v) is 3.13. The molecule has 2 atom stereocenters. The van der Waals surface area contributed by atoms with Crippen LogP contribution in [-0.2, 0) is 4.79 Å². The van der Waals surface area contributed by atoms with Crippen LogP contribution >= 0.6 is 0 Å². The molecule has 3 heteroatoms. The summed E-state index contributed by atoms with van der Waals surface area (Å²) in [6.45, 7) is 7.17. The van der Waals surface area contributed by atoms with Crippen LogP contribution in [0.4, 0.5) is 0 Å². The number of hydrogen-bond acceptors (Lipinski definition) is 2. The fourth-order valence-corrected chi connectivity index (χ4v) is 2.08. The summed E-state index contributed by atoms with van der Waals surface area (Å²) in [5, 5.41) is 6.42. The SMILES string of the molecule is CCCC(C)C(=O)NCC1CCCNC1. The van der Waals surface area contributed by atoms with E-state index in [-0.39, 0.29) is 11.8 Å². The minimum Gasteiger partial charge on any atom is -0.356 e. The van der Waals surface area contributed by atoms with E-state index in [2.05, 4.69) is 17.6 Å². The molecular formula is C12H24N2O. The Hall–Kier alpha value is -0.570. The van der Waals surface area contributed by atoms with Gasteiger partial charge in [-0.15, -0.1) is 0 Å². The fraction of sp³-hybridized carbons (Fsp3) is 0.917. The molecule has 2 N–H and O–H groups in total. The van der Waals surface area contributed by atoms with Gasteiger partial charge >= 0.3 is 0 Å². The molecule has 1 amide bonds. The molecule has 0 aromatic rings. The molecule has 15 heavy (non-hydrogen) atoms. The van der Waals surface area contributed by atoms with Crippen molar-refractivity contribution in [3.8, 4) is 0 Å². The molecule has 0 saturated carbocycles. The van der Waals surface area contributed by atoms with Gasteiger partial charge in [0.1, 0.15) is 0 Å². The maximum Gasteiger partial charge on any atom is 0.222 e. The summed E-state index contributed by atoms with van der Waals surface area (Å²) in [4.78, 5) is 11.6. The lowest BCUT2D eigenvalue weighted by Crippen LogP contribution is -2.39. The zero-order valence-electron chi connectivity index (χ0n) is 10.0. The summed E-state index contributed by atoms with van der Waals surface area (Å²) in [5.41, 5.74) is 0. The Bertz CT molecular complexity index is 188. The van der Waals surface area contributed by atoms with E-state index in [1.165, 1.54) is 12.8 Å². The van der Waals surface area contributed by atoms with E-state index in [4.69, 9.17) is 0 Å². The summed E-state index contributed by atoms with van der Waals surface area (Å²) in [5.74, 6) is 1.03. The lowest BCUT2D eigenvalue weighted by atomic mass is 9.99. The highest BCUT2D eigenvalue weighted by molar-refractivity contribution is 5.78. The van der Waals surface area contributed by atoms with Gasteiger partial charge in [0.2, 0.25) is 5.91 Å². The van der Waals surface area contributed by atoms with E-state index in [0.717, 1.165) is 32.5 Å². The van der Waals surface area contributed by atoms with Crippen molar-refractivity contribution < 1.29 is 4.79 Å². The second-order valence-corrected chi connectivity index (χ2v) is 4.65. The molecule has 3 nitrogen and oxygen atoms in total. The topological polar surface area (TPSA) is 41.1 Å². The molecule has 0 aromatic carbocycles. The number of amides is 1. The molecule has 0 radical (unpaired) electrons. The predicted molar refractivity (Wildman–Crippen MR) is 62.7 cm³/mol. The average Bonchev–Trinajstić information content (AvgIpc) is 2.27. The minimum atomic E-state index is 0.173. The number of piperidine rings is 1. The number of nitrogens with one attached hydrogen (secondary N) is 2. The Kier molecular flexibility index (Phi) is 5.69. The van der Waals surface area contributed by atoms with Crippen LogP contribution in [0.25, 0.3) is 0 Å². The molecule has 1 rings (SSSR count). The molecule has 1 aliphatic heterocycles. The maximum atomic E-state index is 11.6. The molecule has 0 aromatic heterocycles. The average molecular weight is 212 g/mol. The van der Waals surface area contributed by atoms with Gasteiger partial charge in [-0.1, -0.05) is 20.3 Å². The van der Waals surface area contributed by atoms with Gasteiger partial charge in [-0.25, -0.2) is 0 Å². The van der Waals surface area contributed by atoms with Crippen LogP contribution in [0.5, 0.6) is 0 Å². The highest BCUT2D eigenvalue weighted by atomic mass is 16.1. The summed E-state index contributed by atoms with van der Waals surface area (Å²) < 4.78 is 0. The zero-order valence-corrected chi connectivity index (χ0v) is 10.0. The van der Waals surface area contributed by atoms with Crippen molar-refractivity contribution in [3.05, 3.63) is 0 Å². The Morgan fingerprint density at radius 1 is 1.60 bits per heavy atom. The normalized spacial score (nSPS) is 23.5. The number of rotatable bonds is 5. The molecule has 2 unspecified atom stereocenters. The van der Waals surface area contributed by atoms with Crippen molar-refractivity contribution >= 4 is 5.91 Å². The first-order chi connectivity index (χ1) is 7.24. The molecule has 88 valence electrons. The third kappa shape index (κ3) is 4.65. The van der Waals surface area contributed by atoms with Gasteiger partial charge in [0, 0.05) is 12.5 Å². The molecule has 1 saturated heterocycles. The van der Waals surface area contributed by atoms with Crippen molar-refractivity contribution in [2.75, 3.05) is 19.6 Å². The predicted octanol–water partition coefficient (Wildman–Crippen LogP) is 1.54. The molecule has 0 aliphatic carbocycles. The molecule has 1 heterocycles. The second kappa shape index (κ2) is 6.83. The molecule has 0 bridgehead atoms. The lowest BCUT2D eigenvalue weighted by molar-refractivity contribution is -0.124. The summed E-state index contributed by atoms with van der Waals surface area (Å²) in [7, 11) is 0. The highest BCUT2D eigenvalue weighted by Gasteiger charge is 2.16. The summed E-state index contributed by atoms with van der Waals surface area (Å²) in [6, 6.07) is 0. The minimum absolute atomic E-state index is 0.173. The smallest absolute Gasteiger partial charge is 0.222 e. The second-order valence-electron chi connectivity index (χ2n) is 4.65. The van der Waals surface area contributed by atoms with Crippen molar-refractivity contribution in [1.29, 1.82) is 0 Å². The van der Waals surface area contributed by atoms with Crippen LogP contribution in [0.1, 0.15) is 39.5 Å². The van der Waals surface area contributed by atoms with Crippen LogP contribution in [0.2, 0.25) is 0 Å². The van der Waals surface area contributed by atoms with Gasteiger partial charge in [-0.3, -0.25) is 4.79 Å². The van der Waals surface area contributed by atoms with Crippen molar-refractivity contribution in [3.63, 3.8) is 0 Å². The van der Waals surface area contributed by atoms with Crippen molar-refractivity contribution in [2.45, 2.75) is 39.5 Å². The number of carbonyl (C=O) groups excluding carboxylic acids is 1.